The Kier molecular flexibility index (Phi) is 5.72. The summed E-state index contributed by atoms with van der Waals surface area (Å²) in [4.78, 5) is 0. The lowest BCUT2D eigenvalue weighted by molar-refractivity contribution is -0.500. The fraction of sp³-hybridized carbons (Fsp3) is 0.125. The van der Waals surface area contributed by atoms with Crippen molar-refractivity contribution in [3.8, 4) is 5.75 Å². The minimum absolute atomic E-state index is 0.536. The summed E-state index contributed by atoms with van der Waals surface area (Å²) < 4.78 is 5.73. The first kappa shape index (κ1) is 15.0. The van der Waals surface area contributed by atoms with E-state index in [0.29, 0.717) is 11.7 Å². The first-order chi connectivity index (χ1) is 10.3. The van der Waals surface area contributed by atoms with Crippen LogP contribution in [0.5, 0.6) is 5.75 Å². The van der Waals surface area contributed by atoms with Gasteiger partial charge >= 0.3 is 0 Å². The molecule has 0 bridgehead atoms. The highest BCUT2D eigenvalue weighted by Crippen LogP contribution is 2.13. The Morgan fingerprint density at radius 1 is 1.14 bits per heavy atom. The molecule has 3 N–H and O–H groups in total. The molecule has 0 saturated carbocycles. The number of hydrogen-bond acceptors (Lipinski definition) is 2. The standard InChI is InChI=1S/C16H17N3OS/c1-17-16(21)19-18-11-13-7-9-15(10-8-13)20-12-14-5-3-2-4-6-14/h2-11H,12H2,1H3,(H2,17,19,21)/p+1. The molecule has 2 aromatic rings. The van der Waals surface area contributed by atoms with Gasteiger partial charge in [-0.25, -0.2) is 0 Å². The van der Waals surface area contributed by atoms with Crippen LogP contribution in [0.25, 0.3) is 0 Å². The van der Waals surface area contributed by atoms with E-state index in [4.69, 9.17) is 17.0 Å². The molecule has 0 radical (unpaired) electrons. The van der Waals surface area contributed by atoms with Gasteiger partial charge in [-0.05, 0) is 42.0 Å². The maximum absolute atomic E-state index is 5.73. The van der Waals surface area contributed by atoms with E-state index in [1.165, 1.54) is 0 Å². The zero-order chi connectivity index (χ0) is 14.9. The molecule has 0 aromatic heterocycles. The highest BCUT2D eigenvalue weighted by atomic mass is 32.1. The fourth-order valence-corrected chi connectivity index (χ4v) is 1.71. The van der Waals surface area contributed by atoms with Crippen LogP contribution in [0.4, 0.5) is 0 Å². The van der Waals surface area contributed by atoms with E-state index in [1.807, 2.05) is 60.8 Å². The van der Waals surface area contributed by atoms with Crippen molar-refractivity contribution in [3.05, 3.63) is 65.7 Å². The number of nitrogens with one attached hydrogen (secondary N) is 3. The van der Waals surface area contributed by atoms with Gasteiger partial charge in [-0.2, -0.15) is 0 Å². The molecule has 0 fully saturated rings. The molecule has 0 atom stereocenters. The van der Waals surface area contributed by atoms with Crippen molar-refractivity contribution in [2.75, 3.05) is 7.05 Å². The number of hydrazine groups is 1. The topological polar surface area (TPSA) is 47.3 Å². The molecule has 5 heteroatoms. The van der Waals surface area contributed by atoms with E-state index in [0.717, 1.165) is 16.9 Å². The smallest absolute Gasteiger partial charge is 0.223 e. The van der Waals surface area contributed by atoms with Gasteiger partial charge in [0.1, 0.15) is 12.4 Å². The van der Waals surface area contributed by atoms with E-state index in [2.05, 4.69) is 15.8 Å². The van der Waals surface area contributed by atoms with E-state index in [-0.39, 0.29) is 0 Å². The minimum Gasteiger partial charge on any atom is -0.489 e. The summed E-state index contributed by atoms with van der Waals surface area (Å²) >= 11 is 4.95. The van der Waals surface area contributed by atoms with Crippen LogP contribution in [-0.2, 0) is 6.61 Å². The van der Waals surface area contributed by atoms with E-state index in [1.54, 1.807) is 7.05 Å². The zero-order valence-electron chi connectivity index (χ0n) is 11.8. The molecule has 2 aromatic carbocycles. The van der Waals surface area contributed by atoms with Gasteiger partial charge in [0.05, 0.1) is 0 Å². The third-order valence-electron chi connectivity index (χ3n) is 2.78. The fourth-order valence-electron chi connectivity index (χ4n) is 1.65. The lowest BCUT2D eigenvalue weighted by Gasteiger charge is -2.05. The number of rotatable bonds is 5. The summed E-state index contributed by atoms with van der Waals surface area (Å²) in [5.41, 5.74) is 5.00. The van der Waals surface area contributed by atoms with Crippen molar-refractivity contribution in [3.63, 3.8) is 0 Å². The van der Waals surface area contributed by atoms with Crippen LogP contribution in [0.3, 0.4) is 0 Å². The SMILES string of the molecule is CNC(=S)N[NH+]=Cc1ccc(OCc2ccccc2)cc1. The van der Waals surface area contributed by atoms with Crippen LogP contribution in [0, 0.1) is 0 Å². The average molecular weight is 300 g/mol. The first-order valence-electron chi connectivity index (χ1n) is 6.61. The van der Waals surface area contributed by atoms with Crippen LogP contribution >= 0.6 is 12.2 Å². The van der Waals surface area contributed by atoms with Gasteiger partial charge in [-0.3, -0.25) is 0 Å². The average Bonchev–Trinajstić information content (AvgIpc) is 2.55. The molecule has 0 spiro atoms. The molecule has 108 valence electrons. The normalized spacial score (nSPS) is 10.3. The molecular formula is C16H18N3OS+. The number of thiocarbonyl (C=S) groups is 1. The maximum Gasteiger partial charge on any atom is 0.223 e. The predicted molar refractivity (Wildman–Crippen MR) is 88.1 cm³/mol. The van der Waals surface area contributed by atoms with Gasteiger partial charge in [0.15, 0.2) is 6.21 Å². The molecule has 4 nitrogen and oxygen atoms in total. The Hall–Kier alpha value is -2.40. The van der Waals surface area contributed by atoms with Crippen molar-refractivity contribution in [1.82, 2.24) is 10.7 Å². The number of benzene rings is 2. The van der Waals surface area contributed by atoms with Gasteiger partial charge in [0, 0.05) is 12.6 Å². The van der Waals surface area contributed by atoms with Crippen LogP contribution in [0.15, 0.2) is 54.6 Å². The van der Waals surface area contributed by atoms with Crippen LogP contribution in [-0.4, -0.2) is 18.4 Å². The molecule has 2 rings (SSSR count). The summed E-state index contributed by atoms with van der Waals surface area (Å²) in [6.07, 6.45) is 1.82. The van der Waals surface area contributed by atoms with Crippen LogP contribution in [0.2, 0.25) is 0 Å². The lowest BCUT2D eigenvalue weighted by Crippen LogP contribution is -2.82. The van der Waals surface area contributed by atoms with E-state index < -0.39 is 0 Å². The highest BCUT2D eigenvalue weighted by molar-refractivity contribution is 7.80. The third kappa shape index (κ3) is 5.24. The Labute approximate surface area is 129 Å². The molecule has 0 saturated heterocycles. The molecule has 0 unspecified atom stereocenters. The summed E-state index contributed by atoms with van der Waals surface area (Å²) in [6.45, 7) is 0.570. The molecule has 0 amide bonds. The Morgan fingerprint density at radius 2 is 1.86 bits per heavy atom. The molecule has 0 aliphatic heterocycles. The Morgan fingerprint density at radius 3 is 2.52 bits per heavy atom. The van der Waals surface area contributed by atoms with Crippen molar-refractivity contribution in [1.29, 1.82) is 0 Å². The van der Waals surface area contributed by atoms with E-state index in [9.17, 15) is 0 Å². The Bertz CT molecular complexity index is 597. The zero-order valence-corrected chi connectivity index (χ0v) is 12.6. The second-order valence-electron chi connectivity index (χ2n) is 4.34. The van der Waals surface area contributed by atoms with Crippen molar-refractivity contribution < 1.29 is 9.84 Å². The largest absolute Gasteiger partial charge is 0.489 e. The van der Waals surface area contributed by atoms with Gasteiger partial charge in [0.25, 0.3) is 0 Å². The maximum atomic E-state index is 5.73. The Balaban J connectivity index is 1.85. The molecular weight excluding hydrogens is 282 g/mol. The van der Waals surface area contributed by atoms with Gasteiger partial charge in [0.2, 0.25) is 5.11 Å². The lowest BCUT2D eigenvalue weighted by atomic mass is 10.2. The third-order valence-corrected chi connectivity index (χ3v) is 3.09. The molecule has 0 aliphatic rings. The van der Waals surface area contributed by atoms with Crippen molar-refractivity contribution in [2.24, 2.45) is 0 Å². The van der Waals surface area contributed by atoms with Crippen molar-refractivity contribution in [2.45, 2.75) is 6.61 Å². The minimum atomic E-state index is 0.536. The summed E-state index contributed by atoms with van der Waals surface area (Å²) in [7, 11) is 1.76. The van der Waals surface area contributed by atoms with Crippen molar-refractivity contribution >= 4 is 23.5 Å². The second-order valence-corrected chi connectivity index (χ2v) is 4.74. The number of hydrazone groups is 1. The molecule has 21 heavy (non-hydrogen) atoms. The van der Waals surface area contributed by atoms with E-state index >= 15 is 0 Å². The summed E-state index contributed by atoms with van der Waals surface area (Å²) in [5.74, 6) is 0.842. The van der Waals surface area contributed by atoms with Gasteiger partial charge < -0.3 is 10.1 Å². The van der Waals surface area contributed by atoms with Gasteiger partial charge in [-0.1, -0.05) is 30.3 Å². The van der Waals surface area contributed by atoms with Crippen LogP contribution < -0.4 is 20.6 Å². The highest BCUT2D eigenvalue weighted by Gasteiger charge is 1.97. The molecule has 0 aliphatic carbocycles. The van der Waals surface area contributed by atoms with Gasteiger partial charge in [-0.15, -0.1) is 10.5 Å². The summed E-state index contributed by atoms with van der Waals surface area (Å²) in [6, 6.07) is 17.9. The quantitative estimate of drug-likeness (QED) is 0.434. The first-order valence-corrected chi connectivity index (χ1v) is 7.02. The summed E-state index contributed by atoms with van der Waals surface area (Å²) in [5, 5.41) is 6.26. The van der Waals surface area contributed by atoms with Crippen LogP contribution in [0.1, 0.15) is 11.1 Å². The molecule has 0 heterocycles. The second kappa shape index (κ2) is 8.01. The monoisotopic (exact) mass is 300 g/mol. The number of hydrogen-bond donors (Lipinski definition) is 3. The number of ether oxygens (including phenoxy) is 1. The predicted octanol–water partition coefficient (Wildman–Crippen LogP) is 0.774.